The number of aryl methyl sites for hydroxylation is 1. The number of hydrogen-bond donors (Lipinski definition) is 2. The fourth-order valence-corrected chi connectivity index (χ4v) is 4.91. The molecule has 34 heavy (non-hydrogen) atoms. The molecule has 0 saturated heterocycles. The highest BCUT2D eigenvalue weighted by atomic mass is 32.1. The fraction of sp³-hybridized carbons (Fsp3) is 0.680. The number of aromatic carboxylic acids is 1. The summed E-state index contributed by atoms with van der Waals surface area (Å²) in [7, 11) is 0. The van der Waals surface area contributed by atoms with E-state index in [2.05, 4.69) is 24.1 Å². The number of nitrogens with one attached hydrogen (secondary N) is 1. The van der Waals surface area contributed by atoms with Gasteiger partial charge in [0.15, 0.2) is 0 Å². The van der Waals surface area contributed by atoms with Gasteiger partial charge in [-0.05, 0) is 25.3 Å². The maximum atomic E-state index is 13.0. The van der Waals surface area contributed by atoms with Gasteiger partial charge in [0.05, 0.1) is 0 Å². The lowest BCUT2D eigenvalue weighted by molar-refractivity contribution is 0.0701. The first-order valence-corrected chi connectivity index (χ1v) is 13.4. The molecule has 0 spiro atoms. The second kappa shape index (κ2) is 14.8. The van der Waals surface area contributed by atoms with Gasteiger partial charge >= 0.3 is 23.6 Å². The number of carboxylic acids is 1. The van der Waals surface area contributed by atoms with Crippen LogP contribution in [0.1, 0.15) is 106 Å². The zero-order valence-electron chi connectivity index (χ0n) is 20.8. The van der Waals surface area contributed by atoms with E-state index in [-0.39, 0.29) is 27.1 Å². The molecule has 0 aliphatic carbocycles. The van der Waals surface area contributed by atoms with Gasteiger partial charge in [-0.25, -0.2) is 19.3 Å². The number of unbranched alkanes of at least 4 members (excludes halogenated alkanes) is 10. The van der Waals surface area contributed by atoms with Crippen LogP contribution < -0.4 is 15.8 Å². The van der Waals surface area contributed by atoms with Crippen molar-refractivity contribution in [1.82, 2.24) is 10.3 Å². The van der Waals surface area contributed by atoms with Gasteiger partial charge in [0.1, 0.15) is 15.1 Å². The molecule has 0 bridgehead atoms. The molecule has 2 aromatic heterocycles. The normalized spacial score (nSPS) is 11.1. The summed E-state index contributed by atoms with van der Waals surface area (Å²) in [4.78, 5) is 43.2. The molecule has 9 heteroatoms. The lowest BCUT2D eigenvalue weighted by Crippen LogP contribution is -2.42. The van der Waals surface area contributed by atoms with Gasteiger partial charge in [-0.1, -0.05) is 78.1 Å². The Bertz CT molecular complexity index is 985. The lowest BCUT2D eigenvalue weighted by Gasteiger charge is -2.20. The van der Waals surface area contributed by atoms with Crippen molar-refractivity contribution in [1.29, 1.82) is 0 Å². The molecule has 0 saturated carbocycles. The Hall–Kier alpha value is -2.42. The zero-order valence-corrected chi connectivity index (χ0v) is 21.6. The number of carboxylic acid groups (broad SMARTS) is 1. The lowest BCUT2D eigenvalue weighted by atomic mass is 10.1. The third-order valence-corrected chi connectivity index (χ3v) is 7.10. The van der Waals surface area contributed by atoms with Gasteiger partial charge < -0.3 is 14.8 Å². The maximum Gasteiger partial charge on any atom is 0.349 e. The van der Waals surface area contributed by atoms with Gasteiger partial charge in [0, 0.05) is 13.1 Å². The fourth-order valence-electron chi connectivity index (χ4n) is 3.91. The van der Waals surface area contributed by atoms with Crippen molar-refractivity contribution in [3.8, 4) is 0 Å². The average Bonchev–Trinajstić information content (AvgIpc) is 3.15. The molecular formula is C25H39N3O5S. The highest BCUT2D eigenvalue weighted by molar-refractivity contribution is 7.20. The number of urea groups is 1. The van der Waals surface area contributed by atoms with E-state index in [0.29, 0.717) is 18.7 Å². The summed E-state index contributed by atoms with van der Waals surface area (Å²) < 4.78 is 5.43. The number of aromatic nitrogens is 1. The molecule has 2 amide bonds. The van der Waals surface area contributed by atoms with Crippen LogP contribution in [-0.2, 0) is 0 Å². The van der Waals surface area contributed by atoms with E-state index in [4.69, 9.17) is 4.42 Å². The minimum absolute atomic E-state index is 0.0574. The van der Waals surface area contributed by atoms with Crippen LogP contribution in [0.15, 0.2) is 9.21 Å². The van der Waals surface area contributed by atoms with Crippen LogP contribution in [0.5, 0.6) is 0 Å². The van der Waals surface area contributed by atoms with Gasteiger partial charge in [0.2, 0.25) is 0 Å². The van der Waals surface area contributed by atoms with E-state index < -0.39 is 11.6 Å². The van der Waals surface area contributed by atoms with Crippen molar-refractivity contribution in [2.24, 2.45) is 0 Å². The number of carbonyl (C=O) groups is 2. The Morgan fingerprint density at radius 2 is 1.56 bits per heavy atom. The number of amides is 2. The third kappa shape index (κ3) is 8.11. The molecular weight excluding hydrogens is 454 g/mol. The standard InChI is InChI=1S/C25H39N3O5S/c1-4-6-8-10-12-14-16-26-24(32)28(17-15-13-11-9-7-5-2)25-27-21-19(23(31)33-25)18(3)20(34-21)22(29)30/h4-17H2,1-3H3,(H,26,32)(H,29,30). The number of anilines is 1. The molecule has 0 radical (unpaired) electrons. The van der Waals surface area contributed by atoms with Crippen LogP contribution in [0.25, 0.3) is 10.2 Å². The molecule has 2 rings (SSSR count). The Balaban J connectivity index is 2.13. The van der Waals surface area contributed by atoms with Crippen molar-refractivity contribution in [3.05, 3.63) is 20.9 Å². The number of rotatable bonds is 16. The first-order chi connectivity index (χ1) is 16.4. The Kier molecular flexibility index (Phi) is 12.1. The van der Waals surface area contributed by atoms with E-state index in [1.807, 2.05) is 0 Å². The molecule has 2 N–H and O–H groups in total. The van der Waals surface area contributed by atoms with Gasteiger partial charge in [0.25, 0.3) is 0 Å². The number of thiophene rings is 1. The Morgan fingerprint density at radius 3 is 2.18 bits per heavy atom. The van der Waals surface area contributed by atoms with Crippen molar-refractivity contribution in [2.45, 2.75) is 97.8 Å². The molecule has 0 unspecified atom stereocenters. The van der Waals surface area contributed by atoms with Crippen LogP contribution in [0.4, 0.5) is 10.8 Å². The van der Waals surface area contributed by atoms with Crippen molar-refractivity contribution >= 4 is 39.6 Å². The Labute approximate surface area is 205 Å². The van der Waals surface area contributed by atoms with Crippen LogP contribution in [0, 0.1) is 6.92 Å². The SMILES string of the molecule is CCCCCCCCNC(=O)N(CCCCCCCC)c1nc2sc(C(=O)O)c(C)c2c(=O)o1. The van der Waals surface area contributed by atoms with E-state index in [0.717, 1.165) is 56.3 Å². The topological polar surface area (TPSA) is 113 Å². The first-order valence-electron chi connectivity index (χ1n) is 12.6. The number of carbonyl (C=O) groups excluding carboxylic acids is 1. The molecule has 190 valence electrons. The molecule has 0 aromatic carbocycles. The van der Waals surface area contributed by atoms with Gasteiger partial charge in [-0.15, -0.1) is 11.3 Å². The molecule has 0 aliphatic rings. The molecule has 0 aliphatic heterocycles. The average molecular weight is 494 g/mol. The predicted molar refractivity (Wildman–Crippen MR) is 137 cm³/mol. The second-order valence-electron chi connectivity index (χ2n) is 8.74. The monoisotopic (exact) mass is 493 g/mol. The van der Waals surface area contributed by atoms with Crippen LogP contribution >= 0.6 is 11.3 Å². The number of fused-ring (bicyclic) bond motifs is 1. The highest BCUT2D eigenvalue weighted by Crippen LogP contribution is 2.29. The molecule has 2 heterocycles. The zero-order chi connectivity index (χ0) is 24.9. The molecule has 0 atom stereocenters. The van der Waals surface area contributed by atoms with E-state index in [9.17, 15) is 19.5 Å². The molecule has 2 aromatic rings. The van der Waals surface area contributed by atoms with Crippen molar-refractivity contribution in [2.75, 3.05) is 18.0 Å². The van der Waals surface area contributed by atoms with Gasteiger partial charge in [-0.2, -0.15) is 4.98 Å². The van der Waals surface area contributed by atoms with Crippen molar-refractivity contribution < 1.29 is 19.1 Å². The summed E-state index contributed by atoms with van der Waals surface area (Å²) in [5, 5.41) is 12.5. The van der Waals surface area contributed by atoms with Crippen LogP contribution in [-0.4, -0.2) is 35.2 Å². The summed E-state index contributed by atoms with van der Waals surface area (Å²) >= 11 is 0.929. The maximum absolute atomic E-state index is 13.0. The summed E-state index contributed by atoms with van der Waals surface area (Å²) in [5.41, 5.74) is -0.326. The summed E-state index contributed by atoms with van der Waals surface area (Å²) in [6.45, 7) is 6.85. The number of hydrogen-bond acceptors (Lipinski definition) is 6. The Morgan fingerprint density at radius 1 is 0.971 bits per heavy atom. The molecule has 0 fully saturated rings. The van der Waals surface area contributed by atoms with E-state index in [1.165, 1.54) is 37.0 Å². The molecule has 8 nitrogen and oxygen atoms in total. The largest absolute Gasteiger partial charge is 0.477 e. The van der Waals surface area contributed by atoms with Crippen molar-refractivity contribution in [3.63, 3.8) is 0 Å². The quantitative estimate of drug-likeness (QED) is 0.258. The second-order valence-corrected chi connectivity index (χ2v) is 9.74. The third-order valence-electron chi connectivity index (χ3n) is 5.93. The minimum atomic E-state index is -1.11. The summed E-state index contributed by atoms with van der Waals surface area (Å²) in [6, 6.07) is -0.423. The van der Waals surface area contributed by atoms with E-state index >= 15 is 0 Å². The van der Waals surface area contributed by atoms with Crippen LogP contribution in [0.3, 0.4) is 0 Å². The van der Waals surface area contributed by atoms with Crippen LogP contribution in [0.2, 0.25) is 0 Å². The van der Waals surface area contributed by atoms with Gasteiger partial charge in [-0.3, -0.25) is 0 Å². The summed E-state index contributed by atoms with van der Waals surface area (Å²) in [5.74, 6) is -1.11. The highest BCUT2D eigenvalue weighted by Gasteiger charge is 2.24. The summed E-state index contributed by atoms with van der Waals surface area (Å²) in [6.07, 6.45) is 13.1. The first kappa shape index (κ1) is 27.8. The smallest absolute Gasteiger partial charge is 0.349 e. The van der Waals surface area contributed by atoms with E-state index in [1.54, 1.807) is 6.92 Å². The predicted octanol–water partition coefficient (Wildman–Crippen LogP) is 6.49. The minimum Gasteiger partial charge on any atom is -0.477 e. The number of nitrogens with zero attached hydrogens (tertiary/aromatic N) is 2.